The molecule has 0 saturated carbocycles. The summed E-state index contributed by atoms with van der Waals surface area (Å²) in [4.78, 5) is 11.9. The largest absolute Gasteiger partial charge is 0.271 e. The van der Waals surface area contributed by atoms with Crippen LogP contribution in [0.3, 0.4) is 0 Å². The van der Waals surface area contributed by atoms with E-state index in [1.807, 2.05) is 24.3 Å². The number of carbonyl (C=O) groups excluding carboxylic acids is 1. The second kappa shape index (κ2) is 6.88. The summed E-state index contributed by atoms with van der Waals surface area (Å²) >= 11 is 3.34. The zero-order chi connectivity index (χ0) is 16.2. The Labute approximate surface area is 139 Å². The van der Waals surface area contributed by atoms with Crippen LogP contribution in [0.15, 0.2) is 58.1 Å². The highest BCUT2D eigenvalue weighted by Gasteiger charge is 2.12. The molecule has 0 spiro atoms. The summed E-state index contributed by atoms with van der Waals surface area (Å²) in [5.74, 6) is -0.227. The molecule has 0 unspecified atom stereocenters. The number of rotatable bonds is 3. The molecule has 0 aliphatic heterocycles. The maximum atomic E-state index is 11.9. The lowest BCUT2D eigenvalue weighted by Crippen LogP contribution is -2.17. The number of nitrogens with zero attached hydrogens (tertiary/aromatic N) is 1. The Bertz CT molecular complexity index is 668. The third kappa shape index (κ3) is 4.53. The fraction of sp³-hybridized carbons (Fsp3) is 0.222. The summed E-state index contributed by atoms with van der Waals surface area (Å²) in [6.07, 6.45) is 1.64. The molecular formula is C18H19BrN2O. The van der Waals surface area contributed by atoms with Crippen LogP contribution in [0.1, 0.15) is 42.3 Å². The van der Waals surface area contributed by atoms with Gasteiger partial charge in [-0.2, -0.15) is 5.10 Å². The molecule has 0 fully saturated rings. The molecule has 0 aromatic heterocycles. The van der Waals surface area contributed by atoms with E-state index in [2.05, 4.69) is 59.4 Å². The van der Waals surface area contributed by atoms with Crippen LogP contribution in [0.5, 0.6) is 0 Å². The molecule has 22 heavy (non-hydrogen) atoms. The first-order chi connectivity index (χ1) is 10.4. The van der Waals surface area contributed by atoms with Crippen LogP contribution in [0.4, 0.5) is 0 Å². The van der Waals surface area contributed by atoms with Crippen LogP contribution in [0, 0.1) is 0 Å². The van der Waals surface area contributed by atoms with Crippen molar-refractivity contribution in [2.75, 3.05) is 0 Å². The van der Waals surface area contributed by atoms with Gasteiger partial charge in [-0.3, -0.25) is 4.79 Å². The van der Waals surface area contributed by atoms with Crippen molar-refractivity contribution in [3.8, 4) is 0 Å². The first-order valence-electron chi connectivity index (χ1n) is 7.06. The zero-order valence-electron chi connectivity index (χ0n) is 12.9. The number of hydrogen-bond acceptors (Lipinski definition) is 2. The zero-order valence-corrected chi connectivity index (χ0v) is 14.5. The van der Waals surface area contributed by atoms with Gasteiger partial charge in [0, 0.05) is 10.0 Å². The second-order valence-corrected chi connectivity index (χ2v) is 6.99. The minimum absolute atomic E-state index is 0.130. The van der Waals surface area contributed by atoms with E-state index in [0.717, 1.165) is 10.0 Å². The van der Waals surface area contributed by atoms with E-state index >= 15 is 0 Å². The van der Waals surface area contributed by atoms with Gasteiger partial charge in [0.25, 0.3) is 5.91 Å². The molecular weight excluding hydrogens is 340 g/mol. The third-order valence-corrected chi connectivity index (χ3v) is 3.79. The van der Waals surface area contributed by atoms with Gasteiger partial charge >= 0.3 is 0 Å². The highest BCUT2D eigenvalue weighted by atomic mass is 79.9. The van der Waals surface area contributed by atoms with E-state index in [0.29, 0.717) is 5.56 Å². The molecule has 1 N–H and O–H groups in total. The average Bonchev–Trinajstić information content (AvgIpc) is 2.47. The molecule has 3 nitrogen and oxygen atoms in total. The lowest BCUT2D eigenvalue weighted by atomic mass is 9.87. The molecule has 114 valence electrons. The Kier molecular flexibility index (Phi) is 5.14. The van der Waals surface area contributed by atoms with Crippen LogP contribution in [-0.4, -0.2) is 12.1 Å². The molecule has 0 aliphatic carbocycles. The lowest BCUT2D eigenvalue weighted by Gasteiger charge is -2.18. The predicted octanol–water partition coefficient (Wildman–Crippen LogP) is 4.51. The monoisotopic (exact) mass is 358 g/mol. The van der Waals surface area contributed by atoms with Crippen LogP contribution in [-0.2, 0) is 5.41 Å². The fourth-order valence-corrected chi connectivity index (χ4v) is 2.16. The van der Waals surface area contributed by atoms with Gasteiger partial charge in [0.05, 0.1) is 6.21 Å². The van der Waals surface area contributed by atoms with Crippen molar-refractivity contribution in [2.24, 2.45) is 5.10 Å². The molecule has 2 aromatic carbocycles. The normalized spacial score (nSPS) is 11.6. The topological polar surface area (TPSA) is 41.5 Å². The first kappa shape index (κ1) is 16.4. The summed E-state index contributed by atoms with van der Waals surface area (Å²) in [7, 11) is 0. The highest BCUT2D eigenvalue weighted by Crippen LogP contribution is 2.21. The van der Waals surface area contributed by atoms with Gasteiger partial charge < -0.3 is 0 Å². The third-order valence-electron chi connectivity index (χ3n) is 3.26. The number of benzene rings is 2. The Morgan fingerprint density at radius 3 is 2.18 bits per heavy atom. The molecule has 1 amide bonds. The van der Waals surface area contributed by atoms with E-state index < -0.39 is 0 Å². The molecule has 4 heteroatoms. The molecule has 0 saturated heterocycles. The standard InChI is InChI=1S/C18H19BrN2O/c1-18(2,3)15-8-4-13(5-9-15)12-20-21-17(22)14-6-10-16(19)11-7-14/h4-12H,1-3H3,(H,21,22)/b20-12-. The number of amides is 1. The van der Waals surface area contributed by atoms with Gasteiger partial charge in [0.1, 0.15) is 0 Å². The van der Waals surface area contributed by atoms with Crippen LogP contribution in [0.25, 0.3) is 0 Å². The summed E-state index contributed by atoms with van der Waals surface area (Å²) in [5, 5.41) is 4.00. The number of hydrogen-bond donors (Lipinski definition) is 1. The molecule has 0 radical (unpaired) electrons. The molecule has 2 aromatic rings. The van der Waals surface area contributed by atoms with Crippen LogP contribution >= 0.6 is 15.9 Å². The predicted molar refractivity (Wildman–Crippen MR) is 94.3 cm³/mol. The van der Waals surface area contributed by atoms with E-state index in [4.69, 9.17) is 0 Å². The Morgan fingerprint density at radius 2 is 1.64 bits per heavy atom. The molecule has 0 bridgehead atoms. The summed E-state index contributed by atoms with van der Waals surface area (Å²) < 4.78 is 0.937. The Morgan fingerprint density at radius 1 is 1.05 bits per heavy atom. The molecule has 0 atom stereocenters. The van der Waals surface area contributed by atoms with Crippen molar-refractivity contribution in [3.63, 3.8) is 0 Å². The van der Waals surface area contributed by atoms with E-state index in [-0.39, 0.29) is 11.3 Å². The van der Waals surface area contributed by atoms with E-state index in [1.165, 1.54) is 5.56 Å². The van der Waals surface area contributed by atoms with Crippen molar-refractivity contribution in [1.29, 1.82) is 0 Å². The van der Waals surface area contributed by atoms with E-state index in [9.17, 15) is 4.79 Å². The van der Waals surface area contributed by atoms with Gasteiger partial charge in [0.2, 0.25) is 0 Å². The molecule has 0 heterocycles. The number of carbonyl (C=O) groups is 1. The van der Waals surface area contributed by atoms with Gasteiger partial charge in [-0.15, -0.1) is 0 Å². The highest BCUT2D eigenvalue weighted by molar-refractivity contribution is 9.10. The Hall–Kier alpha value is -1.94. The maximum absolute atomic E-state index is 11.9. The SMILES string of the molecule is CC(C)(C)c1ccc(/C=N\NC(=O)c2ccc(Br)cc2)cc1. The number of nitrogens with one attached hydrogen (secondary N) is 1. The maximum Gasteiger partial charge on any atom is 0.271 e. The Balaban J connectivity index is 1.97. The summed E-state index contributed by atoms with van der Waals surface area (Å²) in [6, 6.07) is 15.3. The van der Waals surface area contributed by atoms with Gasteiger partial charge in [-0.1, -0.05) is 61.0 Å². The van der Waals surface area contributed by atoms with Crippen molar-refractivity contribution in [1.82, 2.24) is 5.43 Å². The number of halogens is 1. The molecule has 2 rings (SSSR count). The number of hydrazone groups is 1. The minimum Gasteiger partial charge on any atom is -0.267 e. The van der Waals surface area contributed by atoms with Crippen LogP contribution in [0.2, 0.25) is 0 Å². The first-order valence-corrected chi connectivity index (χ1v) is 7.85. The van der Waals surface area contributed by atoms with E-state index in [1.54, 1.807) is 18.3 Å². The van der Waals surface area contributed by atoms with Gasteiger partial charge in [-0.05, 0) is 40.8 Å². The quantitative estimate of drug-likeness (QED) is 0.636. The lowest BCUT2D eigenvalue weighted by molar-refractivity contribution is 0.0955. The van der Waals surface area contributed by atoms with Crippen LogP contribution < -0.4 is 5.43 Å². The van der Waals surface area contributed by atoms with Crippen molar-refractivity contribution in [3.05, 3.63) is 69.7 Å². The van der Waals surface area contributed by atoms with Gasteiger partial charge in [-0.25, -0.2) is 5.43 Å². The average molecular weight is 359 g/mol. The van der Waals surface area contributed by atoms with Gasteiger partial charge in [0.15, 0.2) is 0 Å². The fourth-order valence-electron chi connectivity index (χ4n) is 1.90. The minimum atomic E-state index is -0.227. The second-order valence-electron chi connectivity index (χ2n) is 6.08. The van der Waals surface area contributed by atoms with Crippen molar-refractivity contribution in [2.45, 2.75) is 26.2 Å². The smallest absolute Gasteiger partial charge is 0.267 e. The summed E-state index contributed by atoms with van der Waals surface area (Å²) in [5.41, 5.74) is 5.45. The van der Waals surface area contributed by atoms with Crippen molar-refractivity contribution < 1.29 is 4.79 Å². The summed E-state index contributed by atoms with van der Waals surface area (Å²) in [6.45, 7) is 6.53. The van der Waals surface area contributed by atoms with Crippen molar-refractivity contribution >= 4 is 28.1 Å². The molecule has 0 aliphatic rings.